The molecule has 0 N–H and O–H groups in total. The van der Waals surface area contributed by atoms with Crippen molar-refractivity contribution in [3.8, 4) is 0 Å². The Labute approximate surface area is 212 Å². The molecule has 0 unspecified atom stereocenters. The molecule has 1 aliphatic carbocycles. The van der Waals surface area contributed by atoms with Gasteiger partial charge in [0.2, 0.25) is 0 Å². The first-order valence-corrected chi connectivity index (χ1v) is 13.5. The molecule has 3 aliphatic rings. The van der Waals surface area contributed by atoms with Gasteiger partial charge >= 0.3 is 163 Å². The third-order valence-electron chi connectivity index (χ3n) is 6.28. The number of carbonyl (C=O) groups is 2. The average molecular weight is 695 g/mol. The molecule has 0 aromatic carbocycles. The number of esters is 1. The van der Waals surface area contributed by atoms with Crippen LogP contribution in [0.15, 0.2) is 0 Å². The normalized spacial score (nSPS) is 20.7. The van der Waals surface area contributed by atoms with Crippen molar-refractivity contribution in [3.63, 3.8) is 0 Å². The fourth-order valence-electron chi connectivity index (χ4n) is 4.34. The van der Waals surface area contributed by atoms with Crippen molar-refractivity contribution in [1.82, 2.24) is 14.7 Å². The maximum Gasteiger partial charge on any atom is 0 e. The minimum absolute atomic E-state index is 0. The zero-order valence-electron chi connectivity index (χ0n) is 17.9. The topological polar surface area (TPSA) is 117 Å². The molecule has 1 radical (unpaired) electrons. The van der Waals surface area contributed by atoms with Gasteiger partial charge < -0.3 is 4.74 Å². The molecule has 32 heavy (non-hydrogen) atoms. The number of aryl methyl sites for hydroxylation is 1. The van der Waals surface area contributed by atoms with Gasteiger partial charge in [-0.1, -0.05) is 0 Å². The molecule has 3 heterocycles. The number of carbonyl (C=O) groups excluding carboxylic acids is 2. The SMILES string of the molecule is CCOC(=O)c1nn(C)c2c1CCN(CC1(S(=O)(=O)C3(CO[SH-]#P)COC3)CC1)C2=O.[Tl]. The Hall–Kier alpha value is -0.278. The van der Waals surface area contributed by atoms with Crippen molar-refractivity contribution < 1.29 is 31.7 Å². The monoisotopic (exact) mass is 695 g/mol. The number of hydrogen-bond donors (Lipinski definition) is 0. The van der Waals surface area contributed by atoms with Gasteiger partial charge in [-0.05, 0) is 6.92 Å². The molecule has 14 heteroatoms. The summed E-state index contributed by atoms with van der Waals surface area (Å²) in [7, 11) is 1.95. The van der Waals surface area contributed by atoms with Crippen LogP contribution in [0.1, 0.15) is 46.3 Å². The molecule has 175 valence electrons. The first kappa shape index (κ1) is 26.3. The van der Waals surface area contributed by atoms with Crippen molar-refractivity contribution in [2.75, 3.05) is 39.5 Å². The number of nitrogens with zero attached hydrogens (tertiary/aromatic N) is 3. The second kappa shape index (κ2) is 9.76. The zero-order chi connectivity index (χ0) is 22.4. The summed E-state index contributed by atoms with van der Waals surface area (Å²) in [4.78, 5) is 27.0. The van der Waals surface area contributed by atoms with E-state index in [2.05, 4.69) is 12.9 Å². The number of amides is 1. The van der Waals surface area contributed by atoms with Crippen LogP contribution < -0.4 is 0 Å². The molecule has 10 nitrogen and oxygen atoms in total. The number of ether oxygens (including phenoxy) is 2. The first-order chi connectivity index (χ1) is 14.7. The van der Waals surface area contributed by atoms with Crippen molar-refractivity contribution in [2.24, 2.45) is 7.05 Å². The van der Waals surface area contributed by atoms with E-state index in [-0.39, 0.29) is 71.9 Å². The van der Waals surface area contributed by atoms with Crippen molar-refractivity contribution in [2.45, 2.75) is 35.7 Å². The number of fused-ring (bicyclic) bond motifs is 1. The summed E-state index contributed by atoms with van der Waals surface area (Å²) in [5.74, 6) is -0.880. The molecule has 1 saturated heterocycles. The molecule has 1 aromatic heterocycles. The summed E-state index contributed by atoms with van der Waals surface area (Å²) in [5.41, 5.74) is 1.01. The molecule has 1 saturated carbocycles. The Kier molecular flexibility index (Phi) is 8.03. The van der Waals surface area contributed by atoms with Crippen LogP contribution in [0.25, 0.3) is 0 Å². The first-order valence-electron chi connectivity index (χ1n) is 10.0. The fraction of sp³-hybridized carbons (Fsp3) is 0.722. The van der Waals surface area contributed by atoms with Gasteiger partial charge in [0.15, 0.2) is 0 Å². The molecule has 0 spiro atoms. The van der Waals surface area contributed by atoms with Crippen LogP contribution in [0.2, 0.25) is 0 Å². The maximum absolute atomic E-state index is 13.6. The van der Waals surface area contributed by atoms with Gasteiger partial charge in [-0.15, -0.1) is 0 Å². The van der Waals surface area contributed by atoms with Gasteiger partial charge in [-0.25, -0.2) is 4.79 Å². The van der Waals surface area contributed by atoms with E-state index in [0.717, 1.165) is 0 Å². The predicted octanol–water partition coefficient (Wildman–Crippen LogP) is 0.00270. The summed E-state index contributed by atoms with van der Waals surface area (Å²) in [5, 5.41) is 4.19. The third kappa shape index (κ3) is 4.17. The van der Waals surface area contributed by atoms with Gasteiger partial charge in [-0.3, -0.25) is 0 Å². The summed E-state index contributed by atoms with van der Waals surface area (Å²) in [6, 6.07) is 0. The Bertz CT molecular complexity index is 1080. The zero-order valence-corrected chi connectivity index (χ0v) is 25.0. The number of aromatic nitrogens is 2. The standard InChI is InChI=1S/C18H25N3O7PS2.Tl/c1-3-27-16(23)13-12-4-7-21(15(22)14(12)20(2)19-13)8-17(5-6-17)31(24,25)18(9-26-10-18)11-28-30-29;/h30H,3-11H2,1-2H3;/q-1;. The van der Waals surface area contributed by atoms with Crippen LogP contribution in [-0.4, -0.2) is 111 Å². The average Bonchev–Trinajstić information content (AvgIpc) is 3.40. The van der Waals surface area contributed by atoms with Crippen LogP contribution in [-0.2, 0) is 48.0 Å². The van der Waals surface area contributed by atoms with Crippen molar-refractivity contribution in [3.05, 3.63) is 17.0 Å². The van der Waals surface area contributed by atoms with Gasteiger partial charge in [0.05, 0.1) is 6.61 Å². The number of rotatable bonds is 8. The van der Waals surface area contributed by atoms with Crippen molar-refractivity contribution >= 4 is 67.8 Å². The number of hydrogen-bond acceptors (Lipinski definition) is 9. The summed E-state index contributed by atoms with van der Waals surface area (Å²) in [6.45, 7) is 2.53. The number of thiol groups is 1. The molecular weight excluding hydrogens is 670 g/mol. The smallest absolute Gasteiger partial charge is 0 e. The van der Waals surface area contributed by atoms with Gasteiger partial charge in [0.1, 0.15) is 0 Å². The van der Waals surface area contributed by atoms with E-state index in [9.17, 15) is 18.0 Å². The Balaban J connectivity index is 0.00000289. The van der Waals surface area contributed by atoms with E-state index >= 15 is 0 Å². The second-order valence-corrected chi connectivity index (χ2v) is 11.9. The summed E-state index contributed by atoms with van der Waals surface area (Å²) in [6.07, 6.45) is 1.40. The third-order valence-corrected chi connectivity index (χ3v) is 10.0. The van der Waals surface area contributed by atoms with E-state index in [1.807, 2.05) is 0 Å². The van der Waals surface area contributed by atoms with E-state index in [0.29, 0.717) is 48.1 Å². The van der Waals surface area contributed by atoms with Crippen LogP contribution in [0, 0.1) is 0 Å². The number of sulfone groups is 1. The second-order valence-electron chi connectivity index (χ2n) is 8.21. The molecule has 1 aromatic rings. The van der Waals surface area contributed by atoms with Crippen LogP contribution in [0.5, 0.6) is 0 Å². The van der Waals surface area contributed by atoms with E-state index in [1.165, 1.54) is 4.68 Å². The Morgan fingerprint density at radius 2 is 2.00 bits per heavy atom. The van der Waals surface area contributed by atoms with Crippen LogP contribution in [0.4, 0.5) is 0 Å². The predicted molar refractivity (Wildman–Crippen MR) is 121 cm³/mol. The molecule has 0 bridgehead atoms. The molecule has 2 fully saturated rings. The Morgan fingerprint density at radius 3 is 2.53 bits per heavy atom. The van der Waals surface area contributed by atoms with E-state index < -0.39 is 25.3 Å². The molecular formula is C18H25N3O7PS2Tl-. The molecule has 2 aliphatic heterocycles. The van der Waals surface area contributed by atoms with E-state index in [4.69, 9.17) is 13.7 Å². The van der Waals surface area contributed by atoms with Gasteiger partial charge in [-0.2, -0.15) is 0 Å². The largest absolute Gasteiger partial charge is 0 e. The van der Waals surface area contributed by atoms with Gasteiger partial charge in [0, 0.05) is 27.3 Å². The maximum atomic E-state index is 13.6. The van der Waals surface area contributed by atoms with Gasteiger partial charge in [0.25, 0.3) is 0 Å². The quantitative estimate of drug-likeness (QED) is 0.123. The summed E-state index contributed by atoms with van der Waals surface area (Å²) >= 11 is 0.359. The minimum atomic E-state index is -3.63. The molecule has 1 amide bonds. The van der Waals surface area contributed by atoms with Crippen molar-refractivity contribution in [1.29, 1.82) is 0 Å². The Morgan fingerprint density at radius 1 is 1.31 bits per heavy atom. The van der Waals surface area contributed by atoms with E-state index in [1.54, 1.807) is 18.9 Å². The van der Waals surface area contributed by atoms with Crippen LogP contribution in [0.3, 0.4) is 0 Å². The summed E-state index contributed by atoms with van der Waals surface area (Å²) < 4.78 is 42.0. The molecule has 0 atom stereocenters. The van der Waals surface area contributed by atoms with Crippen LogP contribution >= 0.6 is 7.81 Å². The molecule has 4 rings (SSSR count). The fourth-order valence-corrected chi connectivity index (χ4v) is 7.48. The minimum Gasteiger partial charge on any atom is 0 e.